The molecule has 100 valence electrons. The summed E-state index contributed by atoms with van der Waals surface area (Å²) in [5.41, 5.74) is 2.02. The van der Waals surface area contributed by atoms with Gasteiger partial charge in [-0.1, -0.05) is 30.3 Å². The summed E-state index contributed by atoms with van der Waals surface area (Å²) in [4.78, 5) is 13.7. The molecule has 0 amide bonds. The lowest BCUT2D eigenvalue weighted by Crippen LogP contribution is -1.96. The molecule has 1 N–H and O–H groups in total. The Kier molecular flexibility index (Phi) is 3.21. The Morgan fingerprint density at radius 3 is 2.70 bits per heavy atom. The van der Waals surface area contributed by atoms with E-state index in [1.165, 1.54) is 12.1 Å². The van der Waals surface area contributed by atoms with Crippen LogP contribution in [0.4, 0.5) is 4.39 Å². The van der Waals surface area contributed by atoms with E-state index in [4.69, 9.17) is 4.74 Å². The summed E-state index contributed by atoms with van der Waals surface area (Å²) in [7, 11) is 0. The average molecular weight is 269 g/mol. The lowest BCUT2D eigenvalue weighted by atomic mass is 10.2. The van der Waals surface area contributed by atoms with Crippen molar-refractivity contribution in [2.24, 2.45) is 0 Å². The van der Waals surface area contributed by atoms with Gasteiger partial charge >= 0.3 is 0 Å². The van der Waals surface area contributed by atoms with Crippen molar-refractivity contribution in [1.82, 2.24) is 4.98 Å². The number of fused-ring (bicyclic) bond motifs is 1. The largest absolute Gasteiger partial charge is 0.487 e. The number of carbonyl (C=O) groups excluding carboxylic acids is 1. The molecule has 1 heterocycles. The minimum atomic E-state index is -0.392. The summed E-state index contributed by atoms with van der Waals surface area (Å²) in [6.45, 7) is 0.342. The van der Waals surface area contributed by atoms with E-state index in [1.807, 2.05) is 30.3 Å². The Hall–Kier alpha value is -2.62. The van der Waals surface area contributed by atoms with E-state index in [0.717, 1.165) is 5.56 Å². The van der Waals surface area contributed by atoms with E-state index in [1.54, 1.807) is 6.07 Å². The molecule has 0 saturated heterocycles. The van der Waals surface area contributed by atoms with Gasteiger partial charge in [-0.2, -0.15) is 0 Å². The molecule has 0 atom stereocenters. The molecule has 4 heteroatoms. The summed E-state index contributed by atoms with van der Waals surface area (Å²) >= 11 is 0. The number of hydrogen-bond acceptors (Lipinski definition) is 2. The molecular weight excluding hydrogens is 257 g/mol. The van der Waals surface area contributed by atoms with E-state index >= 15 is 0 Å². The van der Waals surface area contributed by atoms with Crippen molar-refractivity contribution in [1.29, 1.82) is 0 Å². The van der Waals surface area contributed by atoms with Crippen LogP contribution in [0, 0.1) is 5.82 Å². The van der Waals surface area contributed by atoms with Crippen molar-refractivity contribution >= 4 is 17.2 Å². The Morgan fingerprint density at radius 1 is 1.15 bits per heavy atom. The van der Waals surface area contributed by atoms with Crippen LogP contribution in [0.5, 0.6) is 5.75 Å². The molecule has 3 nitrogen and oxygen atoms in total. The first-order valence-corrected chi connectivity index (χ1v) is 6.20. The number of aromatic amines is 1. The second kappa shape index (κ2) is 5.17. The van der Waals surface area contributed by atoms with Gasteiger partial charge in [0.15, 0.2) is 6.29 Å². The maximum Gasteiger partial charge on any atom is 0.166 e. The summed E-state index contributed by atoms with van der Waals surface area (Å²) in [6.07, 6.45) is 0.693. The molecule has 0 bridgehead atoms. The molecule has 0 unspecified atom stereocenters. The van der Waals surface area contributed by atoms with Crippen molar-refractivity contribution in [2.45, 2.75) is 6.61 Å². The Labute approximate surface area is 115 Å². The van der Waals surface area contributed by atoms with Gasteiger partial charge in [-0.3, -0.25) is 4.79 Å². The zero-order valence-corrected chi connectivity index (χ0v) is 10.6. The Morgan fingerprint density at radius 2 is 1.95 bits per heavy atom. The summed E-state index contributed by atoms with van der Waals surface area (Å²) < 4.78 is 19.2. The second-order valence-corrected chi connectivity index (χ2v) is 4.48. The molecule has 3 aromatic rings. The van der Waals surface area contributed by atoms with E-state index in [-0.39, 0.29) is 0 Å². The second-order valence-electron chi connectivity index (χ2n) is 4.48. The first kappa shape index (κ1) is 12.4. The summed E-state index contributed by atoms with van der Waals surface area (Å²) in [5.74, 6) is 0.00830. The number of H-pyrrole nitrogens is 1. The minimum Gasteiger partial charge on any atom is -0.487 e. The number of nitrogens with one attached hydrogen (secondary N) is 1. The van der Waals surface area contributed by atoms with Crippen LogP contribution in [-0.2, 0) is 6.61 Å². The number of carbonyl (C=O) groups is 1. The molecule has 0 saturated carbocycles. The van der Waals surface area contributed by atoms with Gasteiger partial charge in [0, 0.05) is 11.5 Å². The van der Waals surface area contributed by atoms with Crippen LogP contribution in [-0.4, -0.2) is 11.3 Å². The molecule has 0 spiro atoms. The highest BCUT2D eigenvalue weighted by Crippen LogP contribution is 2.27. The van der Waals surface area contributed by atoms with Crippen LogP contribution >= 0.6 is 0 Å². The van der Waals surface area contributed by atoms with Gasteiger partial charge in [-0.25, -0.2) is 4.39 Å². The first-order valence-electron chi connectivity index (χ1n) is 6.20. The van der Waals surface area contributed by atoms with Crippen molar-refractivity contribution in [3.8, 4) is 5.75 Å². The molecular formula is C16H12FNO2. The van der Waals surface area contributed by atoms with Gasteiger partial charge in [0.1, 0.15) is 18.2 Å². The number of ether oxygens (including phenoxy) is 1. The summed E-state index contributed by atoms with van der Waals surface area (Å²) in [5, 5.41) is 0.621. The normalized spacial score (nSPS) is 10.7. The van der Waals surface area contributed by atoms with Gasteiger partial charge < -0.3 is 9.72 Å². The summed E-state index contributed by atoms with van der Waals surface area (Å²) in [6, 6.07) is 13.9. The van der Waals surface area contributed by atoms with Crippen LogP contribution in [0.2, 0.25) is 0 Å². The number of halogens is 1. The fourth-order valence-corrected chi connectivity index (χ4v) is 2.11. The standard InChI is InChI=1S/C16H12FNO2/c17-13-6-12-7-14(9-19)18-16(12)15(8-13)20-10-11-4-2-1-3-5-11/h1-9,18H,10H2. The highest BCUT2D eigenvalue weighted by Gasteiger charge is 2.09. The highest BCUT2D eigenvalue weighted by molar-refractivity contribution is 5.91. The lowest BCUT2D eigenvalue weighted by Gasteiger charge is -2.07. The number of hydrogen-bond donors (Lipinski definition) is 1. The maximum absolute atomic E-state index is 13.6. The zero-order chi connectivity index (χ0) is 13.9. The number of rotatable bonds is 4. The van der Waals surface area contributed by atoms with Crippen LogP contribution in [0.15, 0.2) is 48.5 Å². The van der Waals surface area contributed by atoms with Crippen molar-refractivity contribution < 1.29 is 13.9 Å². The quantitative estimate of drug-likeness (QED) is 0.734. The van der Waals surface area contributed by atoms with Crippen LogP contribution in [0.1, 0.15) is 16.1 Å². The van der Waals surface area contributed by atoms with Crippen molar-refractivity contribution in [2.75, 3.05) is 0 Å². The topological polar surface area (TPSA) is 42.1 Å². The first-order chi connectivity index (χ1) is 9.76. The highest BCUT2D eigenvalue weighted by atomic mass is 19.1. The monoisotopic (exact) mass is 269 g/mol. The molecule has 0 fully saturated rings. The smallest absolute Gasteiger partial charge is 0.166 e. The predicted octanol–water partition coefficient (Wildman–Crippen LogP) is 3.70. The van der Waals surface area contributed by atoms with Gasteiger partial charge in [-0.05, 0) is 17.7 Å². The fourth-order valence-electron chi connectivity index (χ4n) is 2.11. The average Bonchev–Trinajstić information content (AvgIpc) is 2.88. The number of benzene rings is 2. The van der Waals surface area contributed by atoms with E-state index < -0.39 is 5.82 Å². The van der Waals surface area contributed by atoms with Crippen LogP contribution in [0.3, 0.4) is 0 Å². The molecule has 1 aromatic heterocycles. The predicted molar refractivity (Wildman–Crippen MR) is 74.4 cm³/mol. The maximum atomic E-state index is 13.6. The zero-order valence-electron chi connectivity index (χ0n) is 10.6. The van der Waals surface area contributed by atoms with Crippen LogP contribution in [0.25, 0.3) is 10.9 Å². The third-order valence-electron chi connectivity index (χ3n) is 3.04. The lowest BCUT2D eigenvalue weighted by molar-refractivity contribution is 0.112. The molecule has 0 aliphatic heterocycles. The van der Waals surface area contributed by atoms with Crippen molar-refractivity contribution in [3.05, 3.63) is 65.6 Å². The van der Waals surface area contributed by atoms with Crippen molar-refractivity contribution in [3.63, 3.8) is 0 Å². The van der Waals surface area contributed by atoms with Gasteiger partial charge in [0.05, 0.1) is 11.2 Å². The SMILES string of the molecule is O=Cc1cc2cc(F)cc(OCc3ccccc3)c2[nH]1. The number of aromatic nitrogens is 1. The van der Waals surface area contributed by atoms with E-state index in [9.17, 15) is 9.18 Å². The van der Waals surface area contributed by atoms with Crippen LogP contribution < -0.4 is 4.74 Å². The van der Waals surface area contributed by atoms with Gasteiger partial charge in [-0.15, -0.1) is 0 Å². The van der Waals surface area contributed by atoms with E-state index in [2.05, 4.69) is 4.98 Å². The fraction of sp³-hybridized carbons (Fsp3) is 0.0625. The molecule has 20 heavy (non-hydrogen) atoms. The number of aldehydes is 1. The molecule has 2 aromatic carbocycles. The molecule has 0 aliphatic rings. The van der Waals surface area contributed by atoms with E-state index in [0.29, 0.717) is 35.2 Å². The molecule has 0 aliphatic carbocycles. The molecule has 0 radical (unpaired) electrons. The Bertz CT molecular complexity index is 750. The van der Waals surface area contributed by atoms with Gasteiger partial charge in [0.25, 0.3) is 0 Å². The minimum absolute atomic E-state index is 0.342. The molecule has 3 rings (SSSR count). The third kappa shape index (κ3) is 2.40. The third-order valence-corrected chi connectivity index (χ3v) is 3.04. The Balaban J connectivity index is 1.94. The van der Waals surface area contributed by atoms with Gasteiger partial charge in [0.2, 0.25) is 0 Å².